The van der Waals surface area contributed by atoms with Crippen LogP contribution in [0.2, 0.25) is 0 Å². The molecule has 1 aliphatic heterocycles. The lowest BCUT2D eigenvalue weighted by Crippen LogP contribution is -2.27. The highest BCUT2D eigenvalue weighted by atomic mass is 19.3. The molecule has 1 fully saturated rings. The van der Waals surface area contributed by atoms with Crippen molar-refractivity contribution in [3.05, 3.63) is 42.0 Å². The molecule has 7 nitrogen and oxygen atoms in total. The van der Waals surface area contributed by atoms with Gasteiger partial charge in [0.1, 0.15) is 23.8 Å². The summed E-state index contributed by atoms with van der Waals surface area (Å²) in [6.45, 7) is 8.04. The van der Waals surface area contributed by atoms with Crippen LogP contribution in [0, 0.1) is 5.82 Å². The van der Waals surface area contributed by atoms with Gasteiger partial charge in [-0.2, -0.15) is 9.37 Å². The van der Waals surface area contributed by atoms with Crippen molar-refractivity contribution in [3.8, 4) is 11.6 Å². The topological polar surface area (TPSA) is 73.8 Å². The Hall–Kier alpha value is -3.04. The number of carbonyl (C=O) groups is 1. The molecule has 192 valence electrons. The molecule has 2 atom stereocenters. The second-order valence-electron chi connectivity index (χ2n) is 9.91. The Bertz CT molecular complexity index is 1010. The van der Waals surface area contributed by atoms with E-state index in [1.54, 1.807) is 4.90 Å². The molecule has 35 heavy (non-hydrogen) atoms. The summed E-state index contributed by atoms with van der Waals surface area (Å²) >= 11 is 0. The summed E-state index contributed by atoms with van der Waals surface area (Å²) in [6.07, 6.45) is 1.79. The number of esters is 1. The Morgan fingerprint density at radius 2 is 1.86 bits per heavy atom. The molecule has 1 saturated heterocycles. The molecule has 0 amide bonds. The molecule has 0 spiro atoms. The van der Waals surface area contributed by atoms with Crippen LogP contribution in [-0.4, -0.2) is 53.3 Å². The highest BCUT2D eigenvalue weighted by molar-refractivity contribution is 5.71. The SMILES string of the molecule is C[C@H](CC(=O)OC(C)(C)C)c1ccc(O[C@@H]2CCN(c3ncnc(OCC(C)(F)F)c3F)C2)cc1. The van der Waals surface area contributed by atoms with Crippen molar-refractivity contribution in [1.29, 1.82) is 0 Å². The van der Waals surface area contributed by atoms with E-state index in [1.807, 2.05) is 52.0 Å². The number of alkyl halides is 2. The summed E-state index contributed by atoms with van der Waals surface area (Å²) in [5, 5.41) is 0. The quantitative estimate of drug-likeness (QED) is 0.446. The van der Waals surface area contributed by atoms with Gasteiger partial charge in [0.2, 0.25) is 5.82 Å². The van der Waals surface area contributed by atoms with E-state index in [9.17, 15) is 18.0 Å². The van der Waals surface area contributed by atoms with Crippen molar-refractivity contribution in [2.45, 2.75) is 71.0 Å². The zero-order chi connectivity index (χ0) is 25.8. The van der Waals surface area contributed by atoms with E-state index >= 15 is 0 Å². The van der Waals surface area contributed by atoms with Crippen LogP contribution in [0.15, 0.2) is 30.6 Å². The standard InChI is InChI=1S/C25H32F3N3O4/c1-16(12-20(32)35-24(2,3)4)17-6-8-18(9-7-17)34-19-10-11-31(13-19)22-21(26)23(30-15-29-22)33-14-25(5,27)28/h6-9,15-16,19H,10-14H2,1-5H3/t16-,19-/m1/s1. The number of hydrogen-bond acceptors (Lipinski definition) is 7. The number of aromatic nitrogens is 2. The molecule has 0 aliphatic carbocycles. The summed E-state index contributed by atoms with van der Waals surface area (Å²) < 4.78 is 57.1. The zero-order valence-electron chi connectivity index (χ0n) is 20.7. The molecule has 0 unspecified atom stereocenters. The van der Waals surface area contributed by atoms with Gasteiger partial charge in [0.25, 0.3) is 11.8 Å². The smallest absolute Gasteiger partial charge is 0.306 e. The fraction of sp³-hybridized carbons (Fsp3) is 0.560. The van der Waals surface area contributed by atoms with Crippen LogP contribution in [0.5, 0.6) is 11.6 Å². The van der Waals surface area contributed by atoms with Gasteiger partial charge in [-0.25, -0.2) is 13.8 Å². The van der Waals surface area contributed by atoms with Gasteiger partial charge in [0, 0.05) is 19.9 Å². The van der Waals surface area contributed by atoms with Crippen molar-refractivity contribution in [3.63, 3.8) is 0 Å². The highest BCUT2D eigenvalue weighted by Gasteiger charge is 2.30. The second-order valence-corrected chi connectivity index (χ2v) is 9.91. The van der Waals surface area contributed by atoms with Crippen LogP contribution in [-0.2, 0) is 9.53 Å². The third-order valence-electron chi connectivity index (χ3n) is 5.29. The van der Waals surface area contributed by atoms with Crippen molar-refractivity contribution < 1.29 is 32.2 Å². The number of hydrogen-bond donors (Lipinski definition) is 0. The van der Waals surface area contributed by atoms with Gasteiger partial charge in [-0.05, 0) is 44.4 Å². The maximum absolute atomic E-state index is 14.7. The summed E-state index contributed by atoms with van der Waals surface area (Å²) in [5.74, 6) is -4.09. The second kappa shape index (κ2) is 10.7. The van der Waals surface area contributed by atoms with Gasteiger partial charge in [0.05, 0.1) is 13.0 Å². The Kier molecular flexibility index (Phi) is 8.12. The van der Waals surface area contributed by atoms with E-state index in [0.717, 1.165) is 11.9 Å². The molecular weight excluding hydrogens is 463 g/mol. The lowest BCUT2D eigenvalue weighted by molar-refractivity contribution is -0.155. The Balaban J connectivity index is 1.55. The van der Waals surface area contributed by atoms with Crippen molar-refractivity contribution in [2.24, 2.45) is 0 Å². The highest BCUT2D eigenvalue weighted by Crippen LogP contribution is 2.29. The Morgan fingerprint density at radius 1 is 1.17 bits per heavy atom. The fourth-order valence-electron chi connectivity index (χ4n) is 3.70. The lowest BCUT2D eigenvalue weighted by atomic mass is 9.98. The summed E-state index contributed by atoms with van der Waals surface area (Å²) in [6, 6.07) is 7.50. The van der Waals surface area contributed by atoms with E-state index in [1.165, 1.54) is 0 Å². The van der Waals surface area contributed by atoms with Crippen LogP contribution in [0.4, 0.5) is 19.0 Å². The minimum Gasteiger partial charge on any atom is -0.489 e. The molecule has 0 radical (unpaired) electrons. The van der Waals surface area contributed by atoms with Crippen LogP contribution in [0.1, 0.15) is 58.9 Å². The van der Waals surface area contributed by atoms with E-state index in [2.05, 4.69) is 9.97 Å². The minimum atomic E-state index is -3.10. The van der Waals surface area contributed by atoms with Gasteiger partial charge in [-0.15, -0.1) is 0 Å². The van der Waals surface area contributed by atoms with Gasteiger partial charge in [-0.3, -0.25) is 4.79 Å². The number of benzene rings is 1. The molecule has 1 aromatic carbocycles. The van der Waals surface area contributed by atoms with Crippen LogP contribution in [0.3, 0.4) is 0 Å². The predicted molar refractivity (Wildman–Crippen MR) is 125 cm³/mol. The average Bonchev–Trinajstić information content (AvgIpc) is 3.19. The molecule has 1 aromatic heterocycles. The molecular formula is C25H32F3N3O4. The zero-order valence-corrected chi connectivity index (χ0v) is 20.7. The first-order chi connectivity index (χ1) is 16.3. The maximum Gasteiger partial charge on any atom is 0.306 e. The average molecular weight is 496 g/mol. The molecule has 2 heterocycles. The van der Waals surface area contributed by atoms with Crippen LogP contribution >= 0.6 is 0 Å². The predicted octanol–water partition coefficient (Wildman–Crippen LogP) is 5.14. The Morgan fingerprint density at radius 3 is 2.49 bits per heavy atom. The first kappa shape index (κ1) is 26.6. The third kappa shape index (κ3) is 8.00. The number of carbonyl (C=O) groups excluding carboxylic acids is 1. The van der Waals surface area contributed by atoms with Crippen LogP contribution in [0.25, 0.3) is 0 Å². The molecule has 0 saturated carbocycles. The number of anilines is 1. The number of halogens is 3. The van der Waals surface area contributed by atoms with Gasteiger partial charge >= 0.3 is 5.97 Å². The first-order valence-corrected chi connectivity index (χ1v) is 11.6. The largest absolute Gasteiger partial charge is 0.489 e. The van der Waals surface area contributed by atoms with Crippen molar-refractivity contribution in [2.75, 3.05) is 24.6 Å². The fourth-order valence-corrected chi connectivity index (χ4v) is 3.70. The van der Waals surface area contributed by atoms with E-state index < -0.39 is 29.8 Å². The van der Waals surface area contributed by atoms with E-state index in [-0.39, 0.29) is 30.2 Å². The van der Waals surface area contributed by atoms with Crippen LogP contribution < -0.4 is 14.4 Å². The molecule has 1 aliphatic rings. The molecule has 10 heteroatoms. The summed E-state index contributed by atoms with van der Waals surface area (Å²) in [7, 11) is 0. The molecule has 2 aromatic rings. The number of rotatable bonds is 9. The van der Waals surface area contributed by atoms with Crippen molar-refractivity contribution in [1.82, 2.24) is 9.97 Å². The maximum atomic E-state index is 14.7. The summed E-state index contributed by atoms with van der Waals surface area (Å²) in [4.78, 5) is 21.4. The van der Waals surface area contributed by atoms with E-state index in [0.29, 0.717) is 32.2 Å². The van der Waals surface area contributed by atoms with Crippen molar-refractivity contribution >= 4 is 11.8 Å². The molecule has 0 bridgehead atoms. The van der Waals surface area contributed by atoms with Gasteiger partial charge in [0.15, 0.2) is 12.4 Å². The third-order valence-corrected chi connectivity index (χ3v) is 5.29. The number of ether oxygens (including phenoxy) is 3. The molecule has 3 rings (SSSR count). The normalized spacial score (nSPS) is 17.3. The lowest BCUT2D eigenvalue weighted by Gasteiger charge is -2.21. The number of nitrogens with zero attached hydrogens (tertiary/aromatic N) is 3. The Labute approximate surface area is 203 Å². The summed E-state index contributed by atoms with van der Waals surface area (Å²) in [5.41, 5.74) is 0.474. The minimum absolute atomic E-state index is 0.00756. The van der Waals surface area contributed by atoms with Gasteiger partial charge in [-0.1, -0.05) is 19.1 Å². The van der Waals surface area contributed by atoms with E-state index in [4.69, 9.17) is 14.2 Å². The molecule has 0 N–H and O–H groups in total. The monoisotopic (exact) mass is 495 g/mol. The first-order valence-electron chi connectivity index (χ1n) is 11.6. The van der Waals surface area contributed by atoms with Gasteiger partial charge < -0.3 is 19.1 Å².